The van der Waals surface area contributed by atoms with Crippen LogP contribution in [-0.2, 0) is 22.3 Å². The van der Waals surface area contributed by atoms with Crippen molar-refractivity contribution >= 4 is 32.4 Å². The Labute approximate surface area is 264 Å². The highest BCUT2D eigenvalue weighted by atomic mass is 32.2. The van der Waals surface area contributed by atoms with Gasteiger partial charge in [0.25, 0.3) is 11.5 Å². The third-order valence-electron chi connectivity index (χ3n) is 9.26. The van der Waals surface area contributed by atoms with E-state index in [-0.39, 0.29) is 60.6 Å². The van der Waals surface area contributed by atoms with Crippen LogP contribution in [0.5, 0.6) is 0 Å². The van der Waals surface area contributed by atoms with Crippen molar-refractivity contribution in [1.29, 1.82) is 0 Å². The first-order valence-corrected chi connectivity index (χ1v) is 18.1. The number of benzene rings is 1. The van der Waals surface area contributed by atoms with Crippen molar-refractivity contribution in [3.63, 3.8) is 0 Å². The van der Waals surface area contributed by atoms with Gasteiger partial charge >= 0.3 is 0 Å². The third-order valence-corrected chi connectivity index (χ3v) is 10.9. The van der Waals surface area contributed by atoms with Crippen molar-refractivity contribution in [3.8, 4) is 0 Å². The molecular weight excluding hydrogens is 598 g/mol. The highest BCUT2D eigenvalue weighted by Gasteiger charge is 2.35. The zero-order valence-electron chi connectivity index (χ0n) is 26.4. The summed E-state index contributed by atoms with van der Waals surface area (Å²) in [5.74, 6) is -2.30. The van der Waals surface area contributed by atoms with Crippen LogP contribution in [0.15, 0.2) is 35.1 Å². The quantitative estimate of drug-likeness (QED) is 0.364. The molecule has 2 aliphatic heterocycles. The van der Waals surface area contributed by atoms with Gasteiger partial charge in [-0.2, -0.15) is 0 Å². The minimum Gasteiger partial charge on any atom is -0.365 e. The van der Waals surface area contributed by atoms with Crippen LogP contribution in [0.4, 0.5) is 20.3 Å². The van der Waals surface area contributed by atoms with Gasteiger partial charge in [0.1, 0.15) is 23.0 Å². The molecule has 0 aliphatic carbocycles. The zero-order chi connectivity index (χ0) is 32.2. The Morgan fingerprint density at radius 1 is 1.00 bits per heavy atom. The minimum atomic E-state index is -3.14. The average molecular weight is 645 g/mol. The number of aromatic nitrogens is 3. The second-order valence-corrected chi connectivity index (χ2v) is 15.1. The number of alkyl halides is 2. The lowest BCUT2D eigenvalue weighted by molar-refractivity contribution is -0.0293. The number of halogens is 2. The number of aryl methyl sites for hydroxylation is 2. The molecule has 2 atom stereocenters. The number of pyridine rings is 1. The minimum absolute atomic E-state index is 0.00990. The fraction of sp³-hybridized carbons (Fsp3) is 0.606. The number of nitrogens with zero attached hydrogens (tertiary/aromatic N) is 4. The molecule has 1 fully saturated rings. The summed E-state index contributed by atoms with van der Waals surface area (Å²) < 4.78 is 57.2. The Morgan fingerprint density at radius 2 is 1.69 bits per heavy atom. The molecule has 0 radical (unpaired) electrons. The molecule has 3 N–H and O–H groups in total. The lowest BCUT2D eigenvalue weighted by Gasteiger charge is -2.29. The molecule has 12 heteroatoms. The maximum Gasteiger partial charge on any atom is 0.275 e. The fourth-order valence-electron chi connectivity index (χ4n) is 6.53. The Balaban J connectivity index is 1.57. The van der Waals surface area contributed by atoms with Crippen LogP contribution < -0.4 is 21.5 Å². The van der Waals surface area contributed by atoms with E-state index in [1.807, 2.05) is 17.9 Å². The van der Waals surface area contributed by atoms with Gasteiger partial charge in [-0.3, -0.25) is 9.36 Å². The van der Waals surface area contributed by atoms with E-state index >= 15 is 8.78 Å². The maximum absolute atomic E-state index is 15.6. The van der Waals surface area contributed by atoms with Crippen LogP contribution in [0.3, 0.4) is 0 Å². The van der Waals surface area contributed by atoms with Crippen molar-refractivity contribution in [3.05, 3.63) is 57.6 Å². The second kappa shape index (κ2) is 14.1. The van der Waals surface area contributed by atoms with E-state index in [1.54, 1.807) is 29.7 Å². The van der Waals surface area contributed by atoms with Crippen LogP contribution in [0, 0.1) is 12.8 Å². The van der Waals surface area contributed by atoms with Gasteiger partial charge in [0, 0.05) is 37.7 Å². The van der Waals surface area contributed by atoms with E-state index in [0.29, 0.717) is 46.9 Å². The monoisotopic (exact) mass is 644 g/mol. The molecule has 4 heterocycles. The molecule has 1 unspecified atom stereocenters. The molecular formula is C33H46F2N6O3S. The van der Waals surface area contributed by atoms with Crippen molar-refractivity contribution in [2.45, 2.75) is 90.1 Å². The topological polar surface area (TPSA) is 123 Å². The average Bonchev–Trinajstić information content (AvgIpc) is 3.00. The van der Waals surface area contributed by atoms with Crippen molar-refractivity contribution in [2.24, 2.45) is 11.7 Å². The van der Waals surface area contributed by atoms with Gasteiger partial charge in [-0.25, -0.2) is 27.2 Å². The van der Waals surface area contributed by atoms with Gasteiger partial charge in [-0.15, -0.1) is 0 Å². The number of fused-ring (bicyclic) bond motifs is 2. The number of hydrogen-bond acceptors (Lipinski definition) is 8. The molecule has 1 aromatic carbocycles. The first-order chi connectivity index (χ1) is 21.5. The van der Waals surface area contributed by atoms with Gasteiger partial charge < -0.3 is 16.0 Å². The Hall–Kier alpha value is -3.12. The molecule has 45 heavy (non-hydrogen) atoms. The normalized spacial score (nSPS) is 23.3. The van der Waals surface area contributed by atoms with Gasteiger partial charge in [0.2, 0.25) is 0 Å². The van der Waals surface area contributed by atoms with Gasteiger partial charge in [0.05, 0.1) is 16.9 Å². The fourth-order valence-corrected chi connectivity index (χ4v) is 7.73. The summed E-state index contributed by atoms with van der Waals surface area (Å²) in [6.45, 7) is 4.86. The molecule has 3 aromatic rings. The number of nitrogens with one attached hydrogen (secondary N) is 1. The first-order valence-electron chi connectivity index (χ1n) is 16.3. The summed E-state index contributed by atoms with van der Waals surface area (Å²) in [4.78, 5) is 25.2. The molecule has 246 valence electrons. The van der Waals surface area contributed by atoms with Crippen LogP contribution in [-0.4, -0.2) is 54.1 Å². The summed E-state index contributed by atoms with van der Waals surface area (Å²) in [6.07, 6.45) is 7.11. The molecule has 2 aliphatic rings. The molecule has 0 amide bonds. The van der Waals surface area contributed by atoms with Gasteiger partial charge in [-0.05, 0) is 56.8 Å². The number of hydrogen-bond donors (Lipinski definition) is 2. The molecule has 2 aromatic heterocycles. The Morgan fingerprint density at radius 3 is 2.40 bits per heavy atom. The third kappa shape index (κ3) is 8.00. The number of nitrogens with two attached hydrogens (primary N) is 1. The molecule has 5 rings (SSSR count). The standard InChI is InChI=1S/C33H46F2N6O3S/c1-23-26-12-10-13-27(19-26)33(34,35)21-25(22-36)11-8-6-4-3-5-7-9-14-41-31-28(30(37-23)38-24(2)39-31)20-29(32(41)42)40-15-17-45(43,44)18-16-40/h10,12-13,19-20,23,25H,3-9,11,14-18,21-22,36H2,1-2H3,(H,37,38,39)/t23-,25?/m1/s1. The van der Waals surface area contributed by atoms with Crippen LogP contribution in [0.2, 0.25) is 0 Å². The lowest BCUT2D eigenvalue weighted by Crippen LogP contribution is -2.43. The van der Waals surface area contributed by atoms with E-state index in [2.05, 4.69) is 5.32 Å². The number of rotatable bonds is 2. The number of sulfone groups is 1. The predicted octanol–water partition coefficient (Wildman–Crippen LogP) is 5.70. The van der Waals surface area contributed by atoms with Crippen molar-refractivity contribution < 1.29 is 17.2 Å². The smallest absolute Gasteiger partial charge is 0.275 e. The van der Waals surface area contributed by atoms with Gasteiger partial charge in [0.15, 0.2) is 9.84 Å². The molecule has 9 nitrogen and oxygen atoms in total. The summed E-state index contributed by atoms with van der Waals surface area (Å²) in [6, 6.07) is 7.88. The second-order valence-electron chi connectivity index (χ2n) is 12.7. The lowest BCUT2D eigenvalue weighted by atomic mass is 9.90. The highest BCUT2D eigenvalue weighted by Crippen LogP contribution is 2.37. The molecule has 0 saturated carbocycles. The summed E-state index contributed by atoms with van der Waals surface area (Å²) in [7, 11) is -3.14. The van der Waals surface area contributed by atoms with Crippen LogP contribution >= 0.6 is 0 Å². The van der Waals surface area contributed by atoms with Gasteiger partial charge in [-0.1, -0.05) is 56.7 Å². The predicted molar refractivity (Wildman–Crippen MR) is 176 cm³/mol. The van der Waals surface area contributed by atoms with E-state index in [1.165, 1.54) is 6.07 Å². The summed E-state index contributed by atoms with van der Waals surface area (Å²) in [5.41, 5.74) is 7.33. The zero-order valence-corrected chi connectivity index (χ0v) is 27.2. The summed E-state index contributed by atoms with van der Waals surface area (Å²) in [5, 5.41) is 4.05. The Bertz CT molecular complexity index is 1650. The number of anilines is 2. The SMILES string of the molecule is Cc1nc2c3cc(N4CCS(=O)(=O)CC4)c(=O)n(c3n1)CCCCCCCCCC(CN)CC(F)(F)c1cccc(c1)[C@@H](C)N2. The van der Waals surface area contributed by atoms with E-state index in [9.17, 15) is 13.2 Å². The molecule has 1 saturated heterocycles. The largest absolute Gasteiger partial charge is 0.365 e. The Kier molecular flexibility index (Phi) is 10.4. The van der Waals surface area contributed by atoms with Crippen LogP contribution in [0.25, 0.3) is 11.0 Å². The highest BCUT2D eigenvalue weighted by molar-refractivity contribution is 7.91. The maximum atomic E-state index is 15.6. The van der Waals surface area contributed by atoms with E-state index < -0.39 is 15.8 Å². The van der Waals surface area contributed by atoms with E-state index in [4.69, 9.17) is 15.7 Å². The summed E-state index contributed by atoms with van der Waals surface area (Å²) >= 11 is 0. The van der Waals surface area contributed by atoms with Crippen molar-refractivity contribution in [1.82, 2.24) is 14.5 Å². The van der Waals surface area contributed by atoms with E-state index in [0.717, 1.165) is 44.9 Å². The molecule has 6 bridgehead atoms. The first kappa shape index (κ1) is 33.2. The van der Waals surface area contributed by atoms with Crippen LogP contribution in [0.1, 0.15) is 87.7 Å². The molecule has 0 spiro atoms. The van der Waals surface area contributed by atoms with Crippen molar-refractivity contribution in [2.75, 3.05) is 41.4 Å².